The van der Waals surface area contributed by atoms with E-state index in [0.717, 1.165) is 0 Å². The third kappa shape index (κ3) is 4.87. The molecule has 0 spiro atoms. The molecule has 24 heavy (non-hydrogen) atoms. The molecule has 1 aromatic heterocycles. The van der Waals surface area contributed by atoms with Gasteiger partial charge in [-0.2, -0.15) is 20.1 Å². The first-order valence-corrected chi connectivity index (χ1v) is 7.39. The molecule has 1 heterocycles. The molecule has 0 fully saturated rings. The molecule has 3 N–H and O–H groups in total. The van der Waals surface area contributed by atoms with Crippen molar-refractivity contribution in [3.05, 3.63) is 39.9 Å². The molecule has 1 aromatic carbocycles. The summed E-state index contributed by atoms with van der Waals surface area (Å²) in [5.41, 5.74) is 3.29. The van der Waals surface area contributed by atoms with Crippen molar-refractivity contribution in [3.8, 4) is 0 Å². The lowest BCUT2D eigenvalue weighted by molar-refractivity contribution is -0.384. The van der Waals surface area contributed by atoms with Crippen molar-refractivity contribution in [2.45, 2.75) is 13.8 Å². The lowest BCUT2D eigenvalue weighted by Crippen LogP contribution is -2.10. The number of nitrogens with zero attached hydrogens (tertiary/aromatic N) is 5. The summed E-state index contributed by atoms with van der Waals surface area (Å²) in [7, 11) is 0. The average Bonchev–Trinajstić information content (AvgIpc) is 2.55. The lowest BCUT2D eigenvalue weighted by atomic mass is 10.2. The van der Waals surface area contributed by atoms with Crippen LogP contribution >= 0.6 is 0 Å². The summed E-state index contributed by atoms with van der Waals surface area (Å²) >= 11 is 0. The number of benzene rings is 1. The highest BCUT2D eigenvalue weighted by Crippen LogP contribution is 2.12. The summed E-state index contributed by atoms with van der Waals surface area (Å²) in [6.07, 6.45) is 1.45. The third-order valence-electron chi connectivity index (χ3n) is 2.76. The van der Waals surface area contributed by atoms with Gasteiger partial charge >= 0.3 is 0 Å². The molecule has 0 saturated carbocycles. The average molecular weight is 330 g/mol. The van der Waals surface area contributed by atoms with E-state index in [1.165, 1.54) is 18.3 Å². The van der Waals surface area contributed by atoms with Gasteiger partial charge in [0.25, 0.3) is 5.69 Å². The Labute approximate surface area is 138 Å². The Bertz CT molecular complexity index is 710. The molecule has 0 atom stereocenters. The quantitative estimate of drug-likeness (QED) is 0.381. The standard InChI is InChI=1S/C14H18N8O2/c1-3-15-12-18-13(16-4-2)20-14(19-12)21-17-9-10-6-5-7-11(8-10)22(23)24/h5-9H,3-4H2,1-2H3,(H3,15,16,18,19,20,21)/b17-9+. The Kier molecular flexibility index (Phi) is 5.95. The van der Waals surface area contributed by atoms with Gasteiger partial charge in [-0.15, -0.1) is 0 Å². The predicted molar refractivity (Wildman–Crippen MR) is 92.5 cm³/mol. The molecule has 2 aromatic rings. The van der Waals surface area contributed by atoms with Crippen molar-refractivity contribution >= 4 is 29.7 Å². The maximum absolute atomic E-state index is 10.8. The summed E-state index contributed by atoms with van der Waals surface area (Å²) < 4.78 is 0. The Morgan fingerprint density at radius 3 is 2.33 bits per heavy atom. The first-order valence-electron chi connectivity index (χ1n) is 7.39. The number of hydrogen-bond donors (Lipinski definition) is 3. The van der Waals surface area contributed by atoms with Crippen molar-refractivity contribution < 1.29 is 4.92 Å². The lowest BCUT2D eigenvalue weighted by Gasteiger charge is -2.07. The minimum Gasteiger partial charge on any atom is -0.354 e. The van der Waals surface area contributed by atoms with Crippen LogP contribution in [0.25, 0.3) is 0 Å². The van der Waals surface area contributed by atoms with Gasteiger partial charge in [0, 0.05) is 30.8 Å². The third-order valence-corrected chi connectivity index (χ3v) is 2.76. The van der Waals surface area contributed by atoms with Gasteiger partial charge < -0.3 is 10.6 Å². The van der Waals surface area contributed by atoms with Crippen LogP contribution in [-0.2, 0) is 0 Å². The monoisotopic (exact) mass is 330 g/mol. The summed E-state index contributed by atoms with van der Waals surface area (Å²) in [6.45, 7) is 5.21. The van der Waals surface area contributed by atoms with E-state index in [0.29, 0.717) is 30.5 Å². The Morgan fingerprint density at radius 1 is 1.12 bits per heavy atom. The first-order chi connectivity index (χ1) is 11.6. The molecule has 0 saturated heterocycles. The highest BCUT2D eigenvalue weighted by Gasteiger charge is 2.05. The molecular weight excluding hydrogens is 312 g/mol. The molecule has 126 valence electrons. The number of hydrazone groups is 1. The number of aromatic nitrogens is 3. The van der Waals surface area contributed by atoms with E-state index in [1.807, 2.05) is 13.8 Å². The number of nitro groups is 1. The van der Waals surface area contributed by atoms with Gasteiger partial charge in [0.15, 0.2) is 0 Å². The Morgan fingerprint density at radius 2 is 1.75 bits per heavy atom. The second-order valence-electron chi connectivity index (χ2n) is 4.59. The van der Waals surface area contributed by atoms with Gasteiger partial charge in [-0.05, 0) is 13.8 Å². The molecule has 0 aliphatic carbocycles. The zero-order valence-corrected chi connectivity index (χ0v) is 13.4. The van der Waals surface area contributed by atoms with Crippen LogP contribution in [0.4, 0.5) is 23.5 Å². The zero-order chi connectivity index (χ0) is 17.4. The summed E-state index contributed by atoms with van der Waals surface area (Å²) in [5, 5.41) is 20.8. The number of anilines is 3. The number of rotatable bonds is 8. The van der Waals surface area contributed by atoms with E-state index in [-0.39, 0.29) is 11.6 Å². The summed E-state index contributed by atoms with van der Waals surface area (Å²) in [6, 6.07) is 6.14. The van der Waals surface area contributed by atoms with Gasteiger partial charge in [-0.1, -0.05) is 12.1 Å². The topological polar surface area (TPSA) is 130 Å². The van der Waals surface area contributed by atoms with Gasteiger partial charge in [0.1, 0.15) is 0 Å². The molecule has 0 amide bonds. The Balaban J connectivity index is 2.12. The minimum atomic E-state index is -0.456. The van der Waals surface area contributed by atoms with Gasteiger partial charge in [0.2, 0.25) is 17.8 Å². The van der Waals surface area contributed by atoms with E-state index in [4.69, 9.17) is 0 Å². The number of non-ortho nitro benzene ring substituents is 1. The number of nitro benzene ring substituents is 1. The predicted octanol–water partition coefficient (Wildman–Crippen LogP) is 2.09. The number of nitrogens with one attached hydrogen (secondary N) is 3. The van der Waals surface area contributed by atoms with Crippen molar-refractivity contribution in [2.75, 3.05) is 29.1 Å². The zero-order valence-electron chi connectivity index (χ0n) is 13.4. The molecular formula is C14H18N8O2. The Hall–Kier alpha value is -3.30. The van der Waals surface area contributed by atoms with Crippen LogP contribution in [0.2, 0.25) is 0 Å². The van der Waals surface area contributed by atoms with E-state index in [9.17, 15) is 10.1 Å². The highest BCUT2D eigenvalue weighted by molar-refractivity contribution is 5.81. The largest absolute Gasteiger partial charge is 0.354 e. The molecule has 10 heteroatoms. The van der Waals surface area contributed by atoms with Crippen LogP contribution in [0.15, 0.2) is 29.4 Å². The molecule has 0 bridgehead atoms. The van der Waals surface area contributed by atoms with Gasteiger partial charge in [-0.3, -0.25) is 10.1 Å². The minimum absolute atomic E-state index is 0.00275. The van der Waals surface area contributed by atoms with Gasteiger partial charge in [0.05, 0.1) is 11.1 Å². The molecule has 10 nitrogen and oxygen atoms in total. The molecule has 0 aliphatic rings. The number of hydrogen-bond acceptors (Lipinski definition) is 9. The van der Waals surface area contributed by atoms with E-state index < -0.39 is 4.92 Å². The summed E-state index contributed by atoms with van der Waals surface area (Å²) in [5.74, 6) is 1.12. The van der Waals surface area contributed by atoms with Crippen LogP contribution in [0, 0.1) is 10.1 Å². The van der Waals surface area contributed by atoms with Crippen LogP contribution in [0.5, 0.6) is 0 Å². The van der Waals surface area contributed by atoms with E-state index in [2.05, 4.69) is 36.1 Å². The molecule has 2 rings (SSSR count). The van der Waals surface area contributed by atoms with Crippen molar-refractivity contribution in [2.24, 2.45) is 5.10 Å². The fourth-order valence-corrected chi connectivity index (χ4v) is 1.78. The second-order valence-corrected chi connectivity index (χ2v) is 4.59. The fourth-order valence-electron chi connectivity index (χ4n) is 1.78. The summed E-state index contributed by atoms with van der Waals surface area (Å²) in [4.78, 5) is 22.8. The van der Waals surface area contributed by atoms with E-state index in [1.54, 1.807) is 12.1 Å². The van der Waals surface area contributed by atoms with Crippen LogP contribution in [0.1, 0.15) is 19.4 Å². The highest BCUT2D eigenvalue weighted by atomic mass is 16.6. The van der Waals surface area contributed by atoms with Gasteiger partial charge in [-0.25, -0.2) is 5.43 Å². The first kappa shape index (κ1) is 17.1. The molecule has 0 aliphatic heterocycles. The normalized spacial score (nSPS) is 10.6. The van der Waals surface area contributed by atoms with Crippen LogP contribution in [0.3, 0.4) is 0 Å². The molecule has 0 unspecified atom stereocenters. The smallest absolute Gasteiger partial charge is 0.270 e. The van der Waals surface area contributed by atoms with Crippen molar-refractivity contribution in [1.29, 1.82) is 0 Å². The SMILES string of the molecule is CCNc1nc(NCC)nc(N/N=C/c2cccc([N+](=O)[O-])c2)n1. The maximum Gasteiger partial charge on any atom is 0.270 e. The second kappa shape index (κ2) is 8.36. The van der Waals surface area contributed by atoms with Crippen LogP contribution in [-0.4, -0.2) is 39.2 Å². The maximum atomic E-state index is 10.8. The van der Waals surface area contributed by atoms with Crippen molar-refractivity contribution in [1.82, 2.24) is 15.0 Å². The van der Waals surface area contributed by atoms with Crippen molar-refractivity contribution in [3.63, 3.8) is 0 Å². The van der Waals surface area contributed by atoms with E-state index >= 15 is 0 Å². The fraction of sp³-hybridized carbons (Fsp3) is 0.286. The van der Waals surface area contributed by atoms with Crippen LogP contribution < -0.4 is 16.1 Å². The molecule has 0 radical (unpaired) electrons.